The summed E-state index contributed by atoms with van der Waals surface area (Å²) in [7, 11) is 0. The van der Waals surface area contributed by atoms with E-state index >= 15 is 0 Å². The fourth-order valence-electron chi connectivity index (χ4n) is 4.65. The summed E-state index contributed by atoms with van der Waals surface area (Å²) >= 11 is 7.57. The molecule has 11 heteroatoms. The lowest BCUT2D eigenvalue weighted by Gasteiger charge is -2.25. The molecule has 1 atom stereocenters. The highest BCUT2D eigenvalue weighted by molar-refractivity contribution is 7.07. The highest BCUT2D eigenvalue weighted by atomic mass is 35.5. The molecule has 0 bridgehead atoms. The van der Waals surface area contributed by atoms with Gasteiger partial charge in [0.25, 0.3) is 11.5 Å². The number of amides is 2. The predicted molar refractivity (Wildman–Crippen MR) is 139 cm³/mol. The number of allylic oxidation sites excluding steroid dienone is 1. The molecule has 37 heavy (non-hydrogen) atoms. The number of rotatable bonds is 5. The zero-order valence-corrected chi connectivity index (χ0v) is 21.4. The number of primary amides is 1. The molecule has 0 fully saturated rings. The van der Waals surface area contributed by atoms with Gasteiger partial charge in [-0.3, -0.25) is 23.9 Å². The lowest BCUT2D eigenvalue weighted by atomic mass is 9.96. The van der Waals surface area contributed by atoms with E-state index in [-0.39, 0.29) is 28.8 Å². The second-order valence-corrected chi connectivity index (χ2v) is 9.78. The molecule has 0 saturated heterocycles. The number of anilines is 1. The molecule has 2 aromatic carbocycles. The van der Waals surface area contributed by atoms with Gasteiger partial charge in [-0.2, -0.15) is 0 Å². The van der Waals surface area contributed by atoms with Gasteiger partial charge in [-0.15, -0.1) is 0 Å². The van der Waals surface area contributed by atoms with Crippen molar-refractivity contribution in [2.75, 3.05) is 18.1 Å². The summed E-state index contributed by atoms with van der Waals surface area (Å²) in [6, 6.07) is 12.9. The molecule has 188 valence electrons. The van der Waals surface area contributed by atoms with Gasteiger partial charge < -0.3 is 10.5 Å². The fourth-order valence-corrected chi connectivity index (χ4v) is 6.02. The molecule has 3 heterocycles. The first kappa shape index (κ1) is 24.7. The average Bonchev–Trinajstić information content (AvgIpc) is 3.31. The highest BCUT2D eigenvalue weighted by Gasteiger charge is 2.38. The number of fused-ring (bicyclic) bond motifs is 2. The van der Waals surface area contributed by atoms with Crippen molar-refractivity contribution >= 4 is 52.0 Å². The second-order valence-electron chi connectivity index (χ2n) is 8.39. The van der Waals surface area contributed by atoms with Crippen LogP contribution in [0.4, 0.5) is 5.69 Å². The van der Waals surface area contributed by atoms with E-state index in [1.807, 2.05) is 0 Å². The maximum Gasteiger partial charge on any atom is 0.338 e. The summed E-state index contributed by atoms with van der Waals surface area (Å²) in [5, 5.41) is 0.358. The number of halogens is 1. The minimum absolute atomic E-state index is 0.137. The van der Waals surface area contributed by atoms with Gasteiger partial charge in [-0.25, -0.2) is 9.79 Å². The summed E-state index contributed by atoms with van der Waals surface area (Å²) in [5.41, 5.74) is 7.11. The molecule has 0 radical (unpaired) electrons. The maximum atomic E-state index is 14.0. The molecule has 2 aliphatic rings. The third-order valence-corrected chi connectivity index (χ3v) is 7.55. The van der Waals surface area contributed by atoms with Crippen LogP contribution in [0.25, 0.3) is 5.57 Å². The number of hydrogen-bond donors (Lipinski definition) is 1. The van der Waals surface area contributed by atoms with Crippen molar-refractivity contribution in [1.29, 1.82) is 0 Å². The van der Waals surface area contributed by atoms with Crippen LogP contribution < -0.4 is 25.5 Å². The van der Waals surface area contributed by atoms with E-state index in [0.29, 0.717) is 32.3 Å². The largest absolute Gasteiger partial charge is 0.463 e. The summed E-state index contributed by atoms with van der Waals surface area (Å²) in [6.07, 6.45) is 0. The van der Waals surface area contributed by atoms with Crippen molar-refractivity contribution in [3.05, 3.63) is 95.6 Å². The lowest BCUT2D eigenvalue weighted by Crippen LogP contribution is -2.41. The molecular formula is C26H21ClN4O5S. The van der Waals surface area contributed by atoms with Crippen molar-refractivity contribution in [2.45, 2.75) is 19.9 Å². The average molecular weight is 537 g/mol. The van der Waals surface area contributed by atoms with Crippen LogP contribution in [0.15, 0.2) is 69.6 Å². The number of nitrogens with two attached hydrogens (primary N) is 1. The monoisotopic (exact) mass is 536 g/mol. The Morgan fingerprint density at radius 3 is 2.54 bits per heavy atom. The Labute approximate surface area is 219 Å². The Morgan fingerprint density at radius 1 is 1.14 bits per heavy atom. The van der Waals surface area contributed by atoms with Crippen molar-refractivity contribution in [3.63, 3.8) is 0 Å². The van der Waals surface area contributed by atoms with Crippen molar-refractivity contribution in [2.24, 2.45) is 10.7 Å². The van der Waals surface area contributed by atoms with Gasteiger partial charge in [0, 0.05) is 10.6 Å². The van der Waals surface area contributed by atoms with Gasteiger partial charge >= 0.3 is 5.97 Å². The molecule has 3 aromatic rings. The number of hydrogen-bond acceptors (Lipinski definition) is 7. The Bertz CT molecular complexity index is 1700. The smallest absolute Gasteiger partial charge is 0.338 e. The van der Waals surface area contributed by atoms with Crippen LogP contribution in [0.3, 0.4) is 0 Å². The van der Waals surface area contributed by atoms with E-state index in [0.717, 1.165) is 11.3 Å². The van der Waals surface area contributed by atoms with Crippen LogP contribution in [0.2, 0.25) is 5.02 Å². The van der Waals surface area contributed by atoms with E-state index in [9.17, 15) is 19.2 Å². The molecule has 0 aliphatic carbocycles. The van der Waals surface area contributed by atoms with E-state index in [1.165, 1.54) is 9.47 Å². The van der Waals surface area contributed by atoms with Gasteiger partial charge in [-0.05, 0) is 31.5 Å². The molecular weight excluding hydrogens is 516 g/mol. The van der Waals surface area contributed by atoms with Gasteiger partial charge in [0.05, 0.1) is 29.1 Å². The number of ether oxygens (including phenoxy) is 1. The first-order valence-corrected chi connectivity index (χ1v) is 12.6. The van der Waals surface area contributed by atoms with Gasteiger partial charge in [0.2, 0.25) is 5.91 Å². The van der Waals surface area contributed by atoms with Gasteiger partial charge in [0.1, 0.15) is 17.1 Å². The molecule has 5 rings (SSSR count). The van der Waals surface area contributed by atoms with E-state index < -0.39 is 29.4 Å². The standard InChI is InChI=1S/C26H21ClN4O5S/c1-3-36-25(35)19-13(2)29-26-31(21(19)14-8-4-6-10-16(14)27)24(34)22(37-26)20-15-9-5-7-11-17(15)30(23(20)33)12-18(28)32/h4-11,21H,3,12H2,1-2H3,(H2,28,32). The Kier molecular flexibility index (Phi) is 6.30. The summed E-state index contributed by atoms with van der Waals surface area (Å²) < 4.78 is 6.81. The number of carbonyl (C=O) groups excluding carboxylic acids is 3. The minimum Gasteiger partial charge on any atom is -0.463 e. The minimum atomic E-state index is -0.910. The van der Waals surface area contributed by atoms with Crippen molar-refractivity contribution in [3.8, 4) is 0 Å². The van der Waals surface area contributed by atoms with Crippen LogP contribution in [0.1, 0.15) is 31.0 Å². The first-order chi connectivity index (χ1) is 17.7. The maximum absolute atomic E-state index is 14.0. The highest BCUT2D eigenvalue weighted by Crippen LogP contribution is 2.36. The molecule has 2 amide bonds. The molecule has 9 nitrogen and oxygen atoms in total. The summed E-state index contributed by atoms with van der Waals surface area (Å²) in [6.45, 7) is 3.17. The zero-order chi connectivity index (χ0) is 26.4. The number of aromatic nitrogens is 1. The number of nitrogens with zero attached hydrogens (tertiary/aromatic N) is 3. The Hall–Kier alpha value is -4.02. The molecule has 0 spiro atoms. The number of para-hydroxylation sites is 1. The molecule has 1 unspecified atom stereocenters. The number of esters is 1. The van der Waals surface area contributed by atoms with Gasteiger partial charge in [0.15, 0.2) is 4.80 Å². The third kappa shape index (κ3) is 3.98. The first-order valence-electron chi connectivity index (χ1n) is 11.4. The van der Waals surface area contributed by atoms with E-state index in [4.69, 9.17) is 22.1 Å². The van der Waals surface area contributed by atoms with Crippen LogP contribution in [-0.2, 0) is 19.1 Å². The van der Waals surface area contributed by atoms with Crippen molar-refractivity contribution < 1.29 is 19.1 Å². The fraction of sp³-hybridized carbons (Fsp3) is 0.192. The third-order valence-electron chi connectivity index (χ3n) is 6.16. The molecule has 2 N–H and O–H groups in total. The van der Waals surface area contributed by atoms with Crippen LogP contribution in [0, 0.1) is 0 Å². The van der Waals surface area contributed by atoms with Crippen LogP contribution >= 0.6 is 22.9 Å². The van der Waals surface area contributed by atoms with Crippen LogP contribution in [0.5, 0.6) is 0 Å². The second kappa shape index (κ2) is 9.45. The number of carbonyl (C=O) groups is 3. The SMILES string of the molecule is CCOC(=O)C1=C(C)N=c2sc(=C3C(=O)N(CC(N)=O)c4ccccc43)c(=O)n2C1c1ccccc1Cl. The Morgan fingerprint density at radius 2 is 1.84 bits per heavy atom. The topological polar surface area (TPSA) is 124 Å². The zero-order valence-electron chi connectivity index (χ0n) is 19.9. The van der Waals surface area contributed by atoms with E-state index in [1.54, 1.807) is 62.4 Å². The predicted octanol–water partition coefficient (Wildman–Crippen LogP) is 1.65. The summed E-state index contributed by atoms with van der Waals surface area (Å²) in [4.78, 5) is 58.3. The van der Waals surface area contributed by atoms with Crippen molar-refractivity contribution in [1.82, 2.24) is 4.57 Å². The summed E-state index contributed by atoms with van der Waals surface area (Å²) in [5.74, 6) is -1.80. The molecule has 0 saturated carbocycles. The van der Waals surface area contributed by atoms with E-state index in [2.05, 4.69) is 4.99 Å². The molecule has 1 aromatic heterocycles. The van der Waals surface area contributed by atoms with Crippen LogP contribution in [-0.4, -0.2) is 35.5 Å². The quantitative estimate of drug-likeness (QED) is 0.497. The number of benzene rings is 2. The Balaban J connectivity index is 1.83. The lowest BCUT2D eigenvalue weighted by molar-refractivity contribution is -0.139. The molecule has 2 aliphatic heterocycles. The van der Waals surface area contributed by atoms with Gasteiger partial charge in [-0.1, -0.05) is 59.3 Å². The number of thiazole rings is 1. The normalized spacial score (nSPS) is 17.9.